The molecule has 2 aromatic rings. The molecule has 0 unspecified atom stereocenters. The van der Waals surface area contributed by atoms with Gasteiger partial charge >= 0.3 is 0 Å². The topological polar surface area (TPSA) is 41.1 Å². The highest BCUT2D eigenvalue weighted by molar-refractivity contribution is 6.41. The van der Waals surface area contributed by atoms with Gasteiger partial charge in [-0.05, 0) is 30.5 Å². The smallest absolute Gasteiger partial charge is 0.248 e. The van der Waals surface area contributed by atoms with Crippen LogP contribution < -0.4 is 10.9 Å². The van der Waals surface area contributed by atoms with Gasteiger partial charge < -0.3 is 0 Å². The Labute approximate surface area is 143 Å². The largest absolute Gasteiger partial charge is 0.296 e. The molecule has 1 aliphatic rings. The molecule has 114 valence electrons. The van der Waals surface area contributed by atoms with E-state index in [9.17, 15) is 4.79 Å². The Bertz CT molecular complexity index is 692. The van der Waals surface area contributed by atoms with E-state index in [-0.39, 0.29) is 5.91 Å². The highest BCUT2D eigenvalue weighted by Gasteiger charge is 2.51. The quantitative estimate of drug-likeness (QED) is 0.772. The average Bonchev–Trinajstić information content (AvgIpc) is 3.28. The van der Waals surface area contributed by atoms with Crippen molar-refractivity contribution in [1.82, 2.24) is 5.43 Å². The first kappa shape index (κ1) is 15.5. The van der Waals surface area contributed by atoms with Gasteiger partial charge in [-0.3, -0.25) is 15.6 Å². The summed E-state index contributed by atoms with van der Waals surface area (Å²) >= 11 is 18.0. The number of nitrogens with one attached hydrogen (secondary N) is 2. The van der Waals surface area contributed by atoms with Crippen molar-refractivity contribution in [3.05, 3.63) is 63.1 Å². The highest BCUT2D eigenvalue weighted by atomic mass is 35.5. The van der Waals surface area contributed by atoms with E-state index in [4.69, 9.17) is 34.8 Å². The summed E-state index contributed by atoms with van der Waals surface area (Å²) in [5.41, 5.74) is 6.50. The normalized spacial score (nSPS) is 15.2. The van der Waals surface area contributed by atoms with Crippen molar-refractivity contribution in [3.8, 4) is 0 Å². The Balaban J connectivity index is 1.74. The molecule has 2 N–H and O–H groups in total. The first-order valence-electron chi connectivity index (χ1n) is 6.79. The van der Waals surface area contributed by atoms with Gasteiger partial charge in [0, 0.05) is 5.02 Å². The number of rotatable bonds is 4. The fraction of sp³-hybridized carbons (Fsp3) is 0.188. The maximum atomic E-state index is 12.5. The van der Waals surface area contributed by atoms with Gasteiger partial charge in [0.15, 0.2) is 0 Å². The maximum absolute atomic E-state index is 12.5. The molecule has 1 fully saturated rings. The van der Waals surface area contributed by atoms with Gasteiger partial charge in [-0.1, -0.05) is 65.1 Å². The summed E-state index contributed by atoms with van der Waals surface area (Å²) < 4.78 is 0. The second-order valence-corrected chi connectivity index (χ2v) is 6.52. The van der Waals surface area contributed by atoms with Crippen molar-refractivity contribution in [3.63, 3.8) is 0 Å². The van der Waals surface area contributed by atoms with E-state index < -0.39 is 5.41 Å². The van der Waals surface area contributed by atoms with Crippen LogP contribution in [0.4, 0.5) is 5.69 Å². The standard InChI is InChI=1S/C16H13Cl3N2O/c17-11-8-12(18)14(13(19)9-11)20-21-15(22)16(6-7-16)10-4-2-1-3-5-10/h1-5,8-9,20H,6-7H2,(H,21,22). The number of amides is 1. The summed E-state index contributed by atoms with van der Waals surface area (Å²) in [4.78, 5) is 12.5. The summed E-state index contributed by atoms with van der Waals surface area (Å²) in [6.07, 6.45) is 1.65. The van der Waals surface area contributed by atoms with Gasteiger partial charge in [0.2, 0.25) is 5.91 Å². The predicted octanol–water partition coefficient (Wildman–Crippen LogP) is 4.82. The number of hydrogen-bond donors (Lipinski definition) is 2. The Hall–Kier alpha value is -1.42. The number of carbonyl (C=O) groups is 1. The molecule has 0 radical (unpaired) electrons. The molecule has 0 aromatic heterocycles. The average molecular weight is 356 g/mol. The van der Waals surface area contributed by atoms with Crippen LogP contribution in [0, 0.1) is 0 Å². The van der Waals surface area contributed by atoms with E-state index in [2.05, 4.69) is 10.9 Å². The summed E-state index contributed by atoms with van der Waals surface area (Å²) in [5.74, 6) is -0.0965. The van der Waals surface area contributed by atoms with Crippen LogP contribution in [0.2, 0.25) is 15.1 Å². The van der Waals surface area contributed by atoms with Gasteiger partial charge in [0.25, 0.3) is 0 Å². The van der Waals surface area contributed by atoms with Crippen LogP contribution in [-0.4, -0.2) is 5.91 Å². The summed E-state index contributed by atoms with van der Waals surface area (Å²) in [6.45, 7) is 0. The lowest BCUT2D eigenvalue weighted by Gasteiger charge is -2.18. The van der Waals surface area contributed by atoms with Crippen molar-refractivity contribution >= 4 is 46.4 Å². The predicted molar refractivity (Wildman–Crippen MR) is 90.6 cm³/mol. The van der Waals surface area contributed by atoms with E-state index in [1.807, 2.05) is 30.3 Å². The van der Waals surface area contributed by atoms with Gasteiger partial charge in [0.05, 0.1) is 21.1 Å². The Morgan fingerprint density at radius 3 is 2.14 bits per heavy atom. The van der Waals surface area contributed by atoms with Crippen molar-refractivity contribution in [2.45, 2.75) is 18.3 Å². The summed E-state index contributed by atoms with van der Waals surface area (Å²) in [5, 5.41) is 1.14. The number of hydrogen-bond acceptors (Lipinski definition) is 2. The van der Waals surface area contributed by atoms with E-state index in [1.54, 1.807) is 12.1 Å². The lowest BCUT2D eigenvalue weighted by Crippen LogP contribution is -2.38. The van der Waals surface area contributed by atoms with Crippen LogP contribution >= 0.6 is 34.8 Å². The molecule has 0 saturated heterocycles. The molecule has 0 heterocycles. The van der Waals surface area contributed by atoms with Gasteiger partial charge in [-0.2, -0.15) is 0 Å². The highest BCUT2D eigenvalue weighted by Crippen LogP contribution is 2.48. The molecule has 6 heteroatoms. The third kappa shape index (κ3) is 2.89. The Kier molecular flexibility index (Phi) is 4.22. The Morgan fingerprint density at radius 1 is 1.00 bits per heavy atom. The molecule has 3 rings (SSSR count). The van der Waals surface area contributed by atoms with Crippen LogP contribution in [0.15, 0.2) is 42.5 Å². The molecule has 22 heavy (non-hydrogen) atoms. The van der Waals surface area contributed by atoms with Crippen LogP contribution in [0.25, 0.3) is 0 Å². The summed E-state index contributed by atoms with van der Waals surface area (Å²) in [7, 11) is 0. The fourth-order valence-electron chi connectivity index (χ4n) is 2.43. The third-order valence-corrected chi connectivity index (χ3v) is 4.63. The molecule has 1 amide bonds. The molecule has 1 saturated carbocycles. The minimum absolute atomic E-state index is 0.0965. The number of carbonyl (C=O) groups excluding carboxylic acids is 1. The molecule has 0 bridgehead atoms. The molecule has 1 aliphatic carbocycles. The zero-order chi connectivity index (χ0) is 15.7. The zero-order valence-electron chi connectivity index (χ0n) is 11.5. The molecule has 2 aromatic carbocycles. The summed E-state index contributed by atoms with van der Waals surface area (Å²) in [6, 6.07) is 12.9. The monoisotopic (exact) mass is 354 g/mol. The van der Waals surface area contributed by atoms with Gasteiger partial charge in [-0.15, -0.1) is 0 Å². The zero-order valence-corrected chi connectivity index (χ0v) is 13.8. The van der Waals surface area contributed by atoms with Crippen molar-refractivity contribution in [1.29, 1.82) is 0 Å². The number of anilines is 1. The molecule has 0 atom stereocenters. The van der Waals surface area contributed by atoms with Crippen LogP contribution in [0.3, 0.4) is 0 Å². The molecule has 0 spiro atoms. The first-order chi connectivity index (χ1) is 10.5. The van der Waals surface area contributed by atoms with Crippen molar-refractivity contribution in [2.24, 2.45) is 0 Å². The second-order valence-electron chi connectivity index (χ2n) is 5.27. The lowest BCUT2D eigenvalue weighted by molar-refractivity contribution is -0.123. The number of hydrazine groups is 1. The fourth-order valence-corrected chi connectivity index (χ4v) is 3.34. The second kappa shape index (κ2) is 5.99. The minimum atomic E-state index is -0.459. The lowest BCUT2D eigenvalue weighted by atomic mass is 9.95. The minimum Gasteiger partial charge on any atom is -0.296 e. The van der Waals surface area contributed by atoms with Gasteiger partial charge in [0.1, 0.15) is 0 Å². The van der Waals surface area contributed by atoms with Crippen LogP contribution in [-0.2, 0) is 10.2 Å². The van der Waals surface area contributed by atoms with Crippen molar-refractivity contribution in [2.75, 3.05) is 5.43 Å². The van der Waals surface area contributed by atoms with E-state index in [1.165, 1.54) is 0 Å². The SMILES string of the molecule is O=C(NNc1c(Cl)cc(Cl)cc1Cl)C1(c2ccccc2)CC1. The molecular formula is C16H13Cl3N2O. The van der Waals surface area contributed by atoms with Gasteiger partial charge in [-0.25, -0.2) is 0 Å². The van der Waals surface area contributed by atoms with E-state index in [0.29, 0.717) is 20.8 Å². The van der Waals surface area contributed by atoms with Crippen LogP contribution in [0.1, 0.15) is 18.4 Å². The Morgan fingerprint density at radius 2 is 1.59 bits per heavy atom. The molecule has 0 aliphatic heterocycles. The maximum Gasteiger partial charge on any atom is 0.248 e. The third-order valence-electron chi connectivity index (χ3n) is 3.82. The first-order valence-corrected chi connectivity index (χ1v) is 7.93. The molecular weight excluding hydrogens is 343 g/mol. The van der Waals surface area contributed by atoms with Crippen LogP contribution in [0.5, 0.6) is 0 Å². The van der Waals surface area contributed by atoms with E-state index in [0.717, 1.165) is 18.4 Å². The number of benzene rings is 2. The van der Waals surface area contributed by atoms with E-state index >= 15 is 0 Å². The number of halogens is 3. The molecule has 3 nitrogen and oxygen atoms in total. The van der Waals surface area contributed by atoms with Crippen molar-refractivity contribution < 1.29 is 4.79 Å².